The minimum Gasteiger partial charge on any atom is -0.305 e. The standard InChI is InChI=1S/C26H21ClN2O2/c1-17(2)29-22-10-9-20(27)16-21(22)24(19-6-4-3-5-7-19)25(26(29)31)23(30)11-8-18-12-14-28-15-13-18/h3-17H,1-2H3/b11-8+. The fraction of sp³-hybridized carbons (Fsp3) is 0.115. The third-order valence-corrected chi connectivity index (χ3v) is 5.36. The van der Waals surface area contributed by atoms with E-state index in [0.717, 1.165) is 22.0 Å². The summed E-state index contributed by atoms with van der Waals surface area (Å²) >= 11 is 6.33. The Morgan fingerprint density at radius 2 is 1.74 bits per heavy atom. The van der Waals surface area contributed by atoms with Crippen molar-refractivity contribution in [2.45, 2.75) is 19.9 Å². The van der Waals surface area contributed by atoms with Gasteiger partial charge in [0.05, 0.1) is 11.1 Å². The van der Waals surface area contributed by atoms with Crippen LogP contribution in [0.4, 0.5) is 0 Å². The van der Waals surface area contributed by atoms with E-state index in [1.807, 2.05) is 56.3 Å². The molecule has 5 heteroatoms. The summed E-state index contributed by atoms with van der Waals surface area (Å²) < 4.78 is 1.66. The van der Waals surface area contributed by atoms with E-state index in [1.54, 1.807) is 41.2 Å². The van der Waals surface area contributed by atoms with Crippen molar-refractivity contribution in [2.75, 3.05) is 0 Å². The lowest BCUT2D eigenvalue weighted by atomic mass is 9.93. The van der Waals surface area contributed by atoms with E-state index in [-0.39, 0.29) is 22.9 Å². The highest BCUT2D eigenvalue weighted by atomic mass is 35.5. The number of halogens is 1. The summed E-state index contributed by atoms with van der Waals surface area (Å²) in [5.41, 5.74) is 2.80. The Morgan fingerprint density at radius 3 is 2.42 bits per heavy atom. The fourth-order valence-corrected chi connectivity index (χ4v) is 3.94. The maximum absolute atomic E-state index is 13.6. The number of carbonyl (C=O) groups excluding carboxylic acids is 1. The summed E-state index contributed by atoms with van der Waals surface area (Å²) in [4.78, 5) is 31.0. The summed E-state index contributed by atoms with van der Waals surface area (Å²) in [5, 5.41) is 1.32. The maximum atomic E-state index is 13.6. The first-order valence-corrected chi connectivity index (χ1v) is 10.4. The minimum atomic E-state index is -0.350. The predicted molar refractivity (Wildman–Crippen MR) is 127 cm³/mol. The molecular weight excluding hydrogens is 408 g/mol. The molecule has 0 bridgehead atoms. The van der Waals surface area contributed by atoms with Crippen molar-refractivity contribution in [1.82, 2.24) is 9.55 Å². The zero-order valence-electron chi connectivity index (χ0n) is 17.2. The van der Waals surface area contributed by atoms with E-state index < -0.39 is 0 Å². The Kier molecular flexibility index (Phi) is 5.83. The first kappa shape index (κ1) is 20.8. The van der Waals surface area contributed by atoms with Crippen LogP contribution < -0.4 is 5.56 Å². The third kappa shape index (κ3) is 4.07. The summed E-state index contributed by atoms with van der Waals surface area (Å²) in [7, 11) is 0. The van der Waals surface area contributed by atoms with Gasteiger partial charge in [0.15, 0.2) is 5.78 Å². The van der Waals surface area contributed by atoms with Gasteiger partial charge in [-0.05, 0) is 61.4 Å². The average Bonchev–Trinajstić information content (AvgIpc) is 2.78. The molecule has 0 fully saturated rings. The Balaban J connectivity index is 2.05. The molecule has 0 aliphatic heterocycles. The van der Waals surface area contributed by atoms with Gasteiger partial charge in [-0.3, -0.25) is 14.6 Å². The van der Waals surface area contributed by atoms with Crippen molar-refractivity contribution in [1.29, 1.82) is 0 Å². The zero-order valence-corrected chi connectivity index (χ0v) is 18.0. The molecule has 154 valence electrons. The van der Waals surface area contributed by atoms with E-state index in [9.17, 15) is 9.59 Å². The molecule has 0 amide bonds. The fourth-order valence-electron chi connectivity index (χ4n) is 3.77. The second-order valence-corrected chi connectivity index (χ2v) is 7.96. The van der Waals surface area contributed by atoms with Crippen LogP contribution in [0.1, 0.15) is 35.8 Å². The van der Waals surface area contributed by atoms with Crippen molar-refractivity contribution < 1.29 is 4.79 Å². The van der Waals surface area contributed by atoms with Gasteiger partial charge >= 0.3 is 0 Å². The molecule has 0 saturated heterocycles. The number of ketones is 1. The number of carbonyl (C=O) groups is 1. The second kappa shape index (κ2) is 8.70. The van der Waals surface area contributed by atoms with Gasteiger partial charge in [0, 0.05) is 34.4 Å². The SMILES string of the molecule is CC(C)n1c(=O)c(C(=O)/C=C/c2ccncc2)c(-c2ccccc2)c2cc(Cl)ccc21. The van der Waals surface area contributed by atoms with Crippen molar-refractivity contribution in [3.8, 4) is 11.1 Å². The molecule has 0 spiro atoms. The van der Waals surface area contributed by atoms with Crippen molar-refractivity contribution in [3.63, 3.8) is 0 Å². The van der Waals surface area contributed by atoms with Crippen molar-refractivity contribution >= 4 is 34.4 Å². The summed E-state index contributed by atoms with van der Waals surface area (Å²) in [5.74, 6) is -0.350. The average molecular weight is 429 g/mol. The Labute approximate surface area is 185 Å². The predicted octanol–water partition coefficient (Wildman–Crippen LogP) is 6.19. The van der Waals surface area contributed by atoms with E-state index >= 15 is 0 Å². The number of allylic oxidation sites excluding steroid dienone is 1. The topological polar surface area (TPSA) is 52.0 Å². The number of rotatable bonds is 5. The van der Waals surface area contributed by atoms with Crippen LogP contribution >= 0.6 is 11.6 Å². The van der Waals surface area contributed by atoms with E-state index in [1.165, 1.54) is 6.08 Å². The monoisotopic (exact) mass is 428 g/mol. The number of hydrogen-bond donors (Lipinski definition) is 0. The number of hydrogen-bond acceptors (Lipinski definition) is 3. The number of fused-ring (bicyclic) bond motifs is 1. The third-order valence-electron chi connectivity index (χ3n) is 5.13. The molecule has 0 N–H and O–H groups in total. The summed E-state index contributed by atoms with van der Waals surface area (Å²) in [6.45, 7) is 3.86. The molecule has 31 heavy (non-hydrogen) atoms. The van der Waals surface area contributed by atoms with Crippen LogP contribution in [-0.4, -0.2) is 15.3 Å². The lowest BCUT2D eigenvalue weighted by Crippen LogP contribution is -2.29. The first-order chi connectivity index (χ1) is 15.0. The molecule has 2 heterocycles. The van der Waals surface area contributed by atoms with Gasteiger partial charge < -0.3 is 4.57 Å². The molecule has 0 unspecified atom stereocenters. The van der Waals surface area contributed by atoms with E-state index in [2.05, 4.69) is 4.98 Å². The summed E-state index contributed by atoms with van der Waals surface area (Å²) in [6.07, 6.45) is 6.45. The van der Waals surface area contributed by atoms with Crippen molar-refractivity contribution in [2.24, 2.45) is 0 Å². The molecular formula is C26H21ClN2O2. The number of pyridine rings is 2. The van der Waals surface area contributed by atoms with Gasteiger partial charge in [0.25, 0.3) is 5.56 Å². The number of benzene rings is 2. The molecule has 0 saturated carbocycles. The molecule has 0 radical (unpaired) electrons. The van der Waals surface area contributed by atoms with Crippen LogP contribution in [0.3, 0.4) is 0 Å². The molecule has 4 rings (SSSR count). The van der Waals surface area contributed by atoms with Crippen LogP contribution in [0.5, 0.6) is 0 Å². The number of aromatic nitrogens is 2. The molecule has 0 atom stereocenters. The molecule has 4 nitrogen and oxygen atoms in total. The number of nitrogens with zero attached hydrogens (tertiary/aromatic N) is 2. The molecule has 2 aromatic heterocycles. The van der Waals surface area contributed by atoms with E-state index in [4.69, 9.17) is 11.6 Å². The molecule has 2 aromatic carbocycles. The maximum Gasteiger partial charge on any atom is 0.263 e. The van der Waals surface area contributed by atoms with Crippen molar-refractivity contribution in [3.05, 3.63) is 106 Å². The van der Waals surface area contributed by atoms with Gasteiger partial charge in [0.1, 0.15) is 0 Å². The molecule has 4 aromatic rings. The van der Waals surface area contributed by atoms with Gasteiger partial charge in [-0.2, -0.15) is 0 Å². The quantitative estimate of drug-likeness (QED) is 0.281. The normalized spacial score (nSPS) is 11.5. The highest BCUT2D eigenvalue weighted by molar-refractivity contribution is 6.31. The largest absolute Gasteiger partial charge is 0.305 e. The van der Waals surface area contributed by atoms with Crippen LogP contribution in [0.25, 0.3) is 28.1 Å². The highest BCUT2D eigenvalue weighted by Gasteiger charge is 2.23. The minimum absolute atomic E-state index is 0.128. The van der Waals surface area contributed by atoms with Crippen LogP contribution in [-0.2, 0) is 0 Å². The van der Waals surface area contributed by atoms with Crippen LogP contribution in [0.2, 0.25) is 5.02 Å². The Hall–Kier alpha value is -3.50. The Morgan fingerprint density at radius 1 is 1.03 bits per heavy atom. The van der Waals surface area contributed by atoms with Gasteiger partial charge in [-0.25, -0.2) is 0 Å². The van der Waals surface area contributed by atoms with Gasteiger partial charge in [0.2, 0.25) is 0 Å². The first-order valence-electron chi connectivity index (χ1n) is 10.0. The second-order valence-electron chi connectivity index (χ2n) is 7.52. The summed E-state index contributed by atoms with van der Waals surface area (Å²) in [6, 6.07) is 18.4. The Bertz CT molecular complexity index is 1340. The lowest BCUT2D eigenvalue weighted by molar-refractivity contribution is 0.104. The molecule has 0 aliphatic rings. The van der Waals surface area contributed by atoms with Gasteiger partial charge in [-0.1, -0.05) is 48.0 Å². The smallest absolute Gasteiger partial charge is 0.263 e. The van der Waals surface area contributed by atoms with Crippen LogP contribution in [0.15, 0.2) is 83.9 Å². The van der Waals surface area contributed by atoms with Gasteiger partial charge in [-0.15, -0.1) is 0 Å². The lowest BCUT2D eigenvalue weighted by Gasteiger charge is -2.20. The highest BCUT2D eigenvalue weighted by Crippen LogP contribution is 2.33. The van der Waals surface area contributed by atoms with Crippen LogP contribution in [0, 0.1) is 0 Å². The molecule has 0 aliphatic carbocycles. The zero-order chi connectivity index (χ0) is 22.0. The van der Waals surface area contributed by atoms with E-state index in [0.29, 0.717) is 10.6 Å².